The van der Waals surface area contributed by atoms with E-state index in [0.717, 1.165) is 5.56 Å². The van der Waals surface area contributed by atoms with Gasteiger partial charge in [0.1, 0.15) is 5.75 Å². The number of rotatable bonds is 6. The van der Waals surface area contributed by atoms with Gasteiger partial charge in [-0.3, -0.25) is 9.59 Å². The lowest BCUT2D eigenvalue weighted by atomic mass is 10.1. The van der Waals surface area contributed by atoms with Gasteiger partial charge >= 0.3 is 0 Å². The van der Waals surface area contributed by atoms with Crippen LogP contribution in [0.15, 0.2) is 55.0 Å². The van der Waals surface area contributed by atoms with E-state index in [-0.39, 0.29) is 23.2 Å². The average Bonchev–Trinajstić information content (AvgIpc) is 3.17. The molecule has 0 aliphatic carbocycles. The molecule has 0 atom stereocenters. The Balaban J connectivity index is 1.57. The van der Waals surface area contributed by atoms with Crippen molar-refractivity contribution in [2.24, 2.45) is 0 Å². The first kappa shape index (κ1) is 17.2. The number of pyridine rings is 1. The smallest absolute Gasteiger partial charge is 0.287 e. The van der Waals surface area contributed by atoms with Crippen LogP contribution in [0.4, 0.5) is 5.69 Å². The zero-order valence-corrected chi connectivity index (χ0v) is 13.8. The molecule has 0 spiro atoms. The lowest BCUT2D eigenvalue weighted by molar-refractivity contribution is 0.0944. The Morgan fingerprint density at radius 1 is 1.08 bits per heavy atom. The molecule has 3 aromatic rings. The van der Waals surface area contributed by atoms with Crippen molar-refractivity contribution in [1.82, 2.24) is 20.3 Å². The summed E-state index contributed by atoms with van der Waals surface area (Å²) in [5.74, 6) is -0.681. The summed E-state index contributed by atoms with van der Waals surface area (Å²) in [6, 6.07) is 10.2. The van der Waals surface area contributed by atoms with Gasteiger partial charge in [-0.1, -0.05) is 12.1 Å². The molecule has 1 aromatic carbocycles. The van der Waals surface area contributed by atoms with E-state index in [1.54, 1.807) is 30.5 Å². The average molecular weight is 351 g/mol. The van der Waals surface area contributed by atoms with Crippen LogP contribution < -0.4 is 10.6 Å². The SMILES string of the molecule is O=C(NCCc1cccc(NC(=O)c2ncccc2O)c1)c1ncc[nH]1. The second kappa shape index (κ2) is 7.93. The fourth-order valence-electron chi connectivity index (χ4n) is 2.36. The topological polar surface area (TPSA) is 120 Å². The van der Waals surface area contributed by atoms with Crippen LogP contribution in [0.3, 0.4) is 0 Å². The molecule has 2 heterocycles. The van der Waals surface area contributed by atoms with E-state index >= 15 is 0 Å². The molecule has 8 heteroatoms. The molecule has 2 aromatic heterocycles. The molecule has 8 nitrogen and oxygen atoms in total. The first-order valence-corrected chi connectivity index (χ1v) is 7.95. The van der Waals surface area contributed by atoms with E-state index in [4.69, 9.17) is 0 Å². The molecule has 26 heavy (non-hydrogen) atoms. The van der Waals surface area contributed by atoms with Gasteiger partial charge in [-0.05, 0) is 36.2 Å². The maximum Gasteiger partial charge on any atom is 0.287 e. The van der Waals surface area contributed by atoms with Gasteiger partial charge in [0.25, 0.3) is 11.8 Å². The molecule has 0 unspecified atom stereocenters. The second-order valence-corrected chi connectivity index (χ2v) is 5.47. The minimum atomic E-state index is -0.494. The Bertz CT molecular complexity index is 909. The standard InChI is InChI=1S/C18H17N5O3/c24-14-5-2-7-19-15(14)17(25)23-13-4-1-3-12(11-13)6-8-22-18(26)16-20-9-10-21-16/h1-5,7,9-11,24H,6,8H2,(H,20,21)(H,22,26)(H,23,25). The van der Waals surface area contributed by atoms with Gasteiger partial charge in [0.15, 0.2) is 11.5 Å². The number of nitrogens with zero attached hydrogens (tertiary/aromatic N) is 2. The summed E-state index contributed by atoms with van der Waals surface area (Å²) >= 11 is 0. The van der Waals surface area contributed by atoms with Crippen LogP contribution in [-0.4, -0.2) is 38.4 Å². The number of carbonyl (C=O) groups excluding carboxylic acids is 2. The zero-order chi connectivity index (χ0) is 18.4. The Morgan fingerprint density at radius 2 is 1.96 bits per heavy atom. The Morgan fingerprint density at radius 3 is 2.73 bits per heavy atom. The predicted octanol–water partition coefficient (Wildman–Crippen LogP) is 1.74. The maximum absolute atomic E-state index is 12.2. The van der Waals surface area contributed by atoms with Gasteiger partial charge in [-0.25, -0.2) is 9.97 Å². The molecule has 0 saturated heterocycles. The molecular formula is C18H17N5O3. The fraction of sp³-hybridized carbons (Fsp3) is 0.111. The molecule has 2 amide bonds. The molecule has 0 aliphatic heterocycles. The second-order valence-electron chi connectivity index (χ2n) is 5.47. The highest BCUT2D eigenvalue weighted by atomic mass is 16.3. The number of anilines is 1. The van der Waals surface area contributed by atoms with Crippen LogP contribution in [0.2, 0.25) is 0 Å². The third-order valence-corrected chi connectivity index (χ3v) is 3.60. The summed E-state index contributed by atoms with van der Waals surface area (Å²) < 4.78 is 0. The summed E-state index contributed by atoms with van der Waals surface area (Å²) in [4.78, 5) is 34.5. The first-order chi connectivity index (χ1) is 12.6. The van der Waals surface area contributed by atoms with Crippen molar-refractivity contribution in [3.63, 3.8) is 0 Å². The van der Waals surface area contributed by atoms with Gasteiger partial charge < -0.3 is 20.7 Å². The normalized spacial score (nSPS) is 10.3. The van der Waals surface area contributed by atoms with E-state index < -0.39 is 5.91 Å². The van der Waals surface area contributed by atoms with E-state index in [1.165, 1.54) is 18.5 Å². The molecule has 4 N–H and O–H groups in total. The number of aromatic hydroxyl groups is 1. The van der Waals surface area contributed by atoms with E-state index in [9.17, 15) is 14.7 Å². The highest BCUT2D eigenvalue weighted by Gasteiger charge is 2.12. The van der Waals surface area contributed by atoms with Crippen molar-refractivity contribution < 1.29 is 14.7 Å². The summed E-state index contributed by atoms with van der Waals surface area (Å²) in [6.45, 7) is 0.429. The van der Waals surface area contributed by atoms with Crippen molar-refractivity contribution in [3.05, 3.63) is 72.1 Å². The number of benzene rings is 1. The van der Waals surface area contributed by atoms with Crippen molar-refractivity contribution in [3.8, 4) is 5.75 Å². The number of H-pyrrole nitrogens is 1. The number of hydrogen-bond donors (Lipinski definition) is 4. The Kier molecular flexibility index (Phi) is 5.23. The van der Waals surface area contributed by atoms with Crippen molar-refractivity contribution >= 4 is 17.5 Å². The summed E-state index contributed by atoms with van der Waals surface area (Å²) in [7, 11) is 0. The number of imidazole rings is 1. The lowest BCUT2D eigenvalue weighted by Gasteiger charge is -2.08. The number of carbonyl (C=O) groups is 2. The van der Waals surface area contributed by atoms with Crippen LogP contribution in [-0.2, 0) is 6.42 Å². The van der Waals surface area contributed by atoms with Gasteiger partial charge in [-0.2, -0.15) is 0 Å². The summed E-state index contributed by atoms with van der Waals surface area (Å²) in [6.07, 6.45) is 5.12. The number of aromatic nitrogens is 3. The molecule has 0 aliphatic rings. The highest BCUT2D eigenvalue weighted by molar-refractivity contribution is 6.04. The predicted molar refractivity (Wildman–Crippen MR) is 94.9 cm³/mol. The van der Waals surface area contributed by atoms with Gasteiger partial charge in [0.05, 0.1) is 0 Å². The van der Waals surface area contributed by atoms with Gasteiger partial charge in [-0.15, -0.1) is 0 Å². The number of aromatic amines is 1. The molecule has 132 valence electrons. The van der Waals surface area contributed by atoms with Crippen molar-refractivity contribution in [2.45, 2.75) is 6.42 Å². The Hall–Kier alpha value is -3.68. The largest absolute Gasteiger partial charge is 0.505 e. The number of hydrogen-bond acceptors (Lipinski definition) is 5. The van der Waals surface area contributed by atoms with E-state index in [1.807, 2.05) is 6.07 Å². The Labute approximate surface area is 149 Å². The molecule has 0 saturated carbocycles. The van der Waals surface area contributed by atoms with Gasteiger partial charge in [0, 0.05) is 30.8 Å². The monoisotopic (exact) mass is 351 g/mol. The summed E-state index contributed by atoms with van der Waals surface area (Å²) in [5, 5.41) is 15.2. The van der Waals surface area contributed by atoms with Crippen LogP contribution >= 0.6 is 0 Å². The van der Waals surface area contributed by atoms with Crippen molar-refractivity contribution in [1.29, 1.82) is 0 Å². The van der Waals surface area contributed by atoms with Crippen LogP contribution in [0, 0.1) is 0 Å². The number of amides is 2. The van der Waals surface area contributed by atoms with Crippen LogP contribution in [0.25, 0.3) is 0 Å². The third kappa shape index (κ3) is 4.23. The van der Waals surface area contributed by atoms with E-state index in [0.29, 0.717) is 18.7 Å². The summed E-state index contributed by atoms with van der Waals surface area (Å²) in [5.41, 5.74) is 1.48. The number of nitrogens with one attached hydrogen (secondary N) is 3. The molecule has 0 radical (unpaired) electrons. The molecule has 3 rings (SSSR count). The lowest BCUT2D eigenvalue weighted by Crippen LogP contribution is -2.26. The minimum Gasteiger partial charge on any atom is -0.505 e. The molecule has 0 bridgehead atoms. The van der Waals surface area contributed by atoms with Crippen molar-refractivity contribution in [2.75, 3.05) is 11.9 Å². The minimum absolute atomic E-state index is 0.0383. The zero-order valence-electron chi connectivity index (χ0n) is 13.8. The van der Waals surface area contributed by atoms with Crippen LogP contribution in [0.5, 0.6) is 5.75 Å². The first-order valence-electron chi connectivity index (χ1n) is 7.95. The van der Waals surface area contributed by atoms with E-state index in [2.05, 4.69) is 25.6 Å². The van der Waals surface area contributed by atoms with Gasteiger partial charge in [0.2, 0.25) is 0 Å². The maximum atomic E-state index is 12.2. The van der Waals surface area contributed by atoms with Crippen LogP contribution in [0.1, 0.15) is 26.7 Å². The third-order valence-electron chi connectivity index (χ3n) is 3.60. The molecular weight excluding hydrogens is 334 g/mol. The quantitative estimate of drug-likeness (QED) is 0.539. The highest BCUT2D eigenvalue weighted by Crippen LogP contribution is 2.16. The fourth-order valence-corrected chi connectivity index (χ4v) is 2.36. The molecule has 0 fully saturated rings.